The molecule has 5 nitrogen and oxygen atoms in total. The molecule has 3 N–H and O–H groups in total. The lowest BCUT2D eigenvalue weighted by Crippen LogP contribution is -2.19. The summed E-state index contributed by atoms with van der Waals surface area (Å²) in [7, 11) is 0. The van der Waals surface area contributed by atoms with Crippen molar-refractivity contribution < 1.29 is 9.53 Å². The Hall–Kier alpha value is -2.82. The molecule has 2 rings (SSSR count). The molecule has 0 spiro atoms. The minimum absolute atomic E-state index is 0.176. The Labute approximate surface area is 161 Å². The number of hydrogen-bond acceptors (Lipinski definition) is 4. The van der Waals surface area contributed by atoms with Crippen LogP contribution in [-0.2, 0) is 11.2 Å². The van der Waals surface area contributed by atoms with Crippen LogP contribution in [0.3, 0.4) is 0 Å². The summed E-state index contributed by atoms with van der Waals surface area (Å²) in [5, 5.41) is 4.06. The van der Waals surface area contributed by atoms with Crippen LogP contribution in [0.25, 0.3) is 0 Å². The largest absolute Gasteiger partial charge is 0.493 e. The molecule has 0 aliphatic carbocycles. The highest BCUT2D eigenvalue weighted by Crippen LogP contribution is 2.16. The molecule has 27 heavy (non-hydrogen) atoms. The number of unbranched alkanes of at least 4 members (excludes halogenated alkanes) is 4. The first-order valence-corrected chi connectivity index (χ1v) is 9.57. The van der Waals surface area contributed by atoms with Gasteiger partial charge in [0.2, 0.25) is 5.91 Å². The summed E-state index contributed by atoms with van der Waals surface area (Å²) in [6.07, 6.45) is 7.88. The van der Waals surface area contributed by atoms with Gasteiger partial charge < -0.3 is 10.5 Å². The number of nitrogens with two attached hydrogens (primary N) is 1. The second-order valence-corrected chi connectivity index (χ2v) is 6.51. The third-order valence-electron chi connectivity index (χ3n) is 4.16. The van der Waals surface area contributed by atoms with Crippen LogP contribution in [0.2, 0.25) is 0 Å². The highest BCUT2D eigenvalue weighted by atomic mass is 16.5. The number of hydrazone groups is 1. The number of nitrogen functional groups attached to an aromatic ring is 1. The molecule has 2 aromatic rings. The van der Waals surface area contributed by atoms with Gasteiger partial charge in [0.05, 0.1) is 19.2 Å². The fourth-order valence-electron chi connectivity index (χ4n) is 2.64. The van der Waals surface area contributed by atoms with E-state index in [0.717, 1.165) is 23.3 Å². The van der Waals surface area contributed by atoms with Crippen LogP contribution in [0, 0.1) is 0 Å². The van der Waals surface area contributed by atoms with Crippen LogP contribution in [0.1, 0.15) is 50.2 Å². The minimum atomic E-state index is -0.176. The van der Waals surface area contributed by atoms with E-state index >= 15 is 0 Å². The van der Waals surface area contributed by atoms with Crippen LogP contribution in [-0.4, -0.2) is 18.7 Å². The van der Waals surface area contributed by atoms with Gasteiger partial charge in [0.15, 0.2) is 0 Å². The van der Waals surface area contributed by atoms with E-state index in [2.05, 4.69) is 17.5 Å². The van der Waals surface area contributed by atoms with Crippen molar-refractivity contribution in [2.75, 3.05) is 12.3 Å². The number of nitrogens with zero attached hydrogens (tertiary/aromatic N) is 1. The van der Waals surface area contributed by atoms with Gasteiger partial charge in [-0.3, -0.25) is 4.79 Å². The molecule has 0 bridgehead atoms. The second-order valence-electron chi connectivity index (χ2n) is 6.51. The van der Waals surface area contributed by atoms with Crippen LogP contribution < -0.4 is 15.9 Å². The number of ether oxygens (including phenoxy) is 1. The lowest BCUT2D eigenvalue weighted by atomic mass is 10.1. The lowest BCUT2D eigenvalue weighted by Gasteiger charge is -2.08. The van der Waals surface area contributed by atoms with Crippen LogP contribution in [0.4, 0.5) is 5.69 Å². The fraction of sp³-hybridized carbons (Fsp3) is 0.364. The molecule has 0 atom stereocenters. The van der Waals surface area contributed by atoms with E-state index in [4.69, 9.17) is 10.5 Å². The van der Waals surface area contributed by atoms with Gasteiger partial charge in [0, 0.05) is 11.3 Å². The maximum absolute atomic E-state index is 12.0. The number of nitrogens with one attached hydrogen (secondary N) is 1. The maximum Gasteiger partial charge on any atom is 0.244 e. The average Bonchev–Trinajstić information content (AvgIpc) is 2.67. The van der Waals surface area contributed by atoms with E-state index in [1.54, 1.807) is 18.3 Å². The quantitative estimate of drug-likeness (QED) is 0.269. The molecule has 0 fully saturated rings. The topological polar surface area (TPSA) is 76.7 Å². The van der Waals surface area contributed by atoms with Crippen molar-refractivity contribution in [2.45, 2.75) is 45.4 Å². The van der Waals surface area contributed by atoms with E-state index in [1.807, 2.05) is 36.4 Å². The molecular formula is C22H29N3O2. The van der Waals surface area contributed by atoms with Gasteiger partial charge in [-0.2, -0.15) is 5.10 Å². The van der Waals surface area contributed by atoms with Gasteiger partial charge >= 0.3 is 0 Å². The van der Waals surface area contributed by atoms with Crippen LogP contribution in [0.5, 0.6) is 5.75 Å². The molecule has 0 aliphatic rings. The predicted molar refractivity (Wildman–Crippen MR) is 111 cm³/mol. The van der Waals surface area contributed by atoms with Gasteiger partial charge in [-0.15, -0.1) is 0 Å². The van der Waals surface area contributed by atoms with Crippen molar-refractivity contribution in [1.29, 1.82) is 0 Å². The van der Waals surface area contributed by atoms with E-state index in [9.17, 15) is 4.79 Å². The second kappa shape index (κ2) is 11.7. The Balaban J connectivity index is 1.80. The molecule has 0 radical (unpaired) electrons. The number of amides is 1. The number of carbonyl (C=O) groups is 1. The summed E-state index contributed by atoms with van der Waals surface area (Å²) >= 11 is 0. The molecule has 0 unspecified atom stereocenters. The number of anilines is 1. The van der Waals surface area contributed by atoms with Gasteiger partial charge in [-0.05, 0) is 36.2 Å². The lowest BCUT2D eigenvalue weighted by molar-refractivity contribution is -0.120. The number of para-hydroxylation sites is 1. The smallest absolute Gasteiger partial charge is 0.244 e. The summed E-state index contributed by atoms with van der Waals surface area (Å²) in [6.45, 7) is 2.90. The van der Waals surface area contributed by atoms with Crippen LogP contribution in [0.15, 0.2) is 53.6 Å². The fourth-order valence-corrected chi connectivity index (χ4v) is 2.64. The number of rotatable bonds is 11. The Morgan fingerprint density at radius 3 is 2.59 bits per heavy atom. The van der Waals surface area contributed by atoms with E-state index < -0.39 is 0 Å². The zero-order valence-electron chi connectivity index (χ0n) is 16.0. The van der Waals surface area contributed by atoms with Gasteiger partial charge in [0.1, 0.15) is 5.75 Å². The molecule has 2 aromatic carbocycles. The van der Waals surface area contributed by atoms with Crippen molar-refractivity contribution in [2.24, 2.45) is 5.10 Å². The molecule has 0 aliphatic heterocycles. The predicted octanol–water partition coefficient (Wildman–Crippen LogP) is 4.31. The first-order chi connectivity index (χ1) is 13.2. The summed E-state index contributed by atoms with van der Waals surface area (Å²) in [5.41, 5.74) is 10.6. The van der Waals surface area contributed by atoms with E-state index in [1.165, 1.54) is 25.7 Å². The first kappa shape index (κ1) is 20.5. The third kappa shape index (κ3) is 7.94. The molecular weight excluding hydrogens is 338 g/mol. The SMILES string of the molecule is CCCCCCCOc1ccccc1/C=N\NC(=O)Cc1ccc(N)cc1. The monoisotopic (exact) mass is 367 g/mol. The Morgan fingerprint density at radius 1 is 1.07 bits per heavy atom. The number of carbonyl (C=O) groups excluding carboxylic acids is 1. The maximum atomic E-state index is 12.0. The Bertz CT molecular complexity index is 727. The highest BCUT2D eigenvalue weighted by Gasteiger charge is 2.03. The summed E-state index contributed by atoms with van der Waals surface area (Å²) in [6, 6.07) is 14.9. The Morgan fingerprint density at radius 2 is 1.81 bits per heavy atom. The highest BCUT2D eigenvalue weighted by molar-refractivity contribution is 5.85. The molecule has 144 valence electrons. The standard InChI is InChI=1S/C22H29N3O2/c1-2-3-4-5-8-15-27-21-10-7-6-9-19(21)17-24-25-22(26)16-18-11-13-20(23)14-12-18/h6-7,9-14,17H,2-5,8,15-16,23H2,1H3,(H,25,26)/b24-17-. The van der Waals surface area contributed by atoms with E-state index in [0.29, 0.717) is 12.3 Å². The van der Waals surface area contributed by atoms with Crippen LogP contribution >= 0.6 is 0 Å². The van der Waals surface area contributed by atoms with Crippen molar-refractivity contribution in [3.8, 4) is 5.75 Å². The number of benzene rings is 2. The summed E-state index contributed by atoms with van der Waals surface area (Å²) in [5.74, 6) is 0.606. The first-order valence-electron chi connectivity index (χ1n) is 9.57. The zero-order valence-corrected chi connectivity index (χ0v) is 16.0. The average molecular weight is 367 g/mol. The molecule has 0 heterocycles. The van der Waals surface area contributed by atoms with Gasteiger partial charge in [0.25, 0.3) is 0 Å². The number of hydrogen-bond donors (Lipinski definition) is 2. The van der Waals surface area contributed by atoms with Gasteiger partial charge in [-0.1, -0.05) is 56.9 Å². The summed E-state index contributed by atoms with van der Waals surface area (Å²) < 4.78 is 5.87. The minimum Gasteiger partial charge on any atom is -0.493 e. The van der Waals surface area contributed by atoms with Crippen molar-refractivity contribution in [1.82, 2.24) is 5.43 Å². The zero-order chi connectivity index (χ0) is 19.3. The Kier molecular flexibility index (Phi) is 8.90. The summed E-state index contributed by atoms with van der Waals surface area (Å²) in [4.78, 5) is 12.0. The van der Waals surface area contributed by atoms with Crippen molar-refractivity contribution in [3.63, 3.8) is 0 Å². The normalized spacial score (nSPS) is 10.9. The third-order valence-corrected chi connectivity index (χ3v) is 4.16. The molecule has 5 heteroatoms. The van der Waals surface area contributed by atoms with Gasteiger partial charge in [-0.25, -0.2) is 5.43 Å². The molecule has 0 saturated carbocycles. The molecule has 0 aromatic heterocycles. The van der Waals surface area contributed by atoms with Crippen molar-refractivity contribution in [3.05, 3.63) is 59.7 Å². The molecule has 0 saturated heterocycles. The van der Waals surface area contributed by atoms with E-state index in [-0.39, 0.29) is 12.3 Å². The van der Waals surface area contributed by atoms with Crippen molar-refractivity contribution >= 4 is 17.8 Å². The molecule has 1 amide bonds.